The average Bonchev–Trinajstić information content (AvgIpc) is 3.07. The van der Waals surface area contributed by atoms with Gasteiger partial charge in [-0.25, -0.2) is 0 Å². The molecule has 3 aliphatic rings. The first-order chi connectivity index (χ1) is 12.7. The van der Waals surface area contributed by atoms with Crippen LogP contribution in [0.1, 0.15) is 50.0 Å². The summed E-state index contributed by atoms with van der Waals surface area (Å²) < 4.78 is 0. The Labute approximate surface area is 152 Å². The van der Waals surface area contributed by atoms with Crippen molar-refractivity contribution in [1.82, 2.24) is 9.88 Å². The lowest BCUT2D eigenvalue weighted by atomic mass is 9.71. The van der Waals surface area contributed by atoms with Gasteiger partial charge in [0.25, 0.3) is 0 Å². The lowest BCUT2D eigenvalue weighted by molar-refractivity contribution is -0.117. The van der Waals surface area contributed by atoms with Gasteiger partial charge in [-0.3, -0.25) is 9.59 Å². The standard InChI is InChI=1S/C22H22N2O2/c1-24-16-8-4-10-18(25)21(16)20(22-17(24)9-5-11-19(22)26)14-12-23-15-7-3-2-6-13(14)15/h2-3,6-7,12,20,23H,4-5,8-11H2,1H3. The van der Waals surface area contributed by atoms with Gasteiger partial charge in [-0.1, -0.05) is 18.2 Å². The number of allylic oxidation sites excluding steroid dienone is 4. The number of benzene rings is 1. The number of carbonyl (C=O) groups is 2. The smallest absolute Gasteiger partial charge is 0.161 e. The minimum atomic E-state index is -0.215. The highest BCUT2D eigenvalue weighted by molar-refractivity contribution is 6.07. The van der Waals surface area contributed by atoms with Gasteiger partial charge in [0.05, 0.1) is 0 Å². The van der Waals surface area contributed by atoms with Gasteiger partial charge in [0.2, 0.25) is 0 Å². The number of fused-ring (bicyclic) bond motifs is 1. The molecular formula is C22H22N2O2. The minimum absolute atomic E-state index is 0.207. The molecule has 1 aromatic carbocycles. The van der Waals surface area contributed by atoms with E-state index < -0.39 is 0 Å². The number of aromatic amines is 1. The molecule has 2 aliphatic carbocycles. The van der Waals surface area contributed by atoms with Crippen LogP contribution in [-0.4, -0.2) is 28.5 Å². The molecule has 26 heavy (non-hydrogen) atoms. The Hall–Kier alpha value is -2.62. The zero-order valence-electron chi connectivity index (χ0n) is 15.0. The maximum Gasteiger partial charge on any atom is 0.161 e. The number of ketones is 2. The number of para-hydroxylation sites is 1. The van der Waals surface area contributed by atoms with Crippen molar-refractivity contribution in [1.29, 1.82) is 0 Å². The van der Waals surface area contributed by atoms with Crippen LogP contribution in [0.15, 0.2) is 53.0 Å². The number of H-pyrrole nitrogens is 1. The Morgan fingerprint density at radius 1 is 0.923 bits per heavy atom. The number of carbonyl (C=O) groups excluding carboxylic acids is 2. The van der Waals surface area contributed by atoms with E-state index in [4.69, 9.17) is 0 Å². The van der Waals surface area contributed by atoms with Crippen molar-refractivity contribution < 1.29 is 9.59 Å². The van der Waals surface area contributed by atoms with Crippen LogP contribution in [0.25, 0.3) is 10.9 Å². The van der Waals surface area contributed by atoms with E-state index in [1.54, 1.807) is 0 Å². The largest absolute Gasteiger partial charge is 0.361 e. The molecular weight excluding hydrogens is 324 g/mol. The third-order valence-electron chi connectivity index (χ3n) is 6.18. The zero-order valence-corrected chi connectivity index (χ0v) is 15.0. The van der Waals surface area contributed by atoms with Gasteiger partial charge in [-0.2, -0.15) is 0 Å². The summed E-state index contributed by atoms with van der Waals surface area (Å²) in [5.41, 5.74) is 6.10. The van der Waals surface area contributed by atoms with Crippen molar-refractivity contribution in [3.8, 4) is 0 Å². The SMILES string of the molecule is CN1C2=C(C(=O)CCC2)C(c2c[nH]c3ccccc23)C2=C1CCCC2=O. The average molecular weight is 346 g/mol. The second-order valence-corrected chi connectivity index (χ2v) is 7.56. The quantitative estimate of drug-likeness (QED) is 0.841. The van der Waals surface area contributed by atoms with E-state index in [1.165, 1.54) is 0 Å². The first-order valence-corrected chi connectivity index (χ1v) is 9.49. The summed E-state index contributed by atoms with van der Waals surface area (Å²) in [5, 5.41) is 1.11. The van der Waals surface area contributed by atoms with Crippen LogP contribution in [0.2, 0.25) is 0 Å². The third kappa shape index (κ3) is 2.08. The van der Waals surface area contributed by atoms with E-state index in [2.05, 4.69) is 16.0 Å². The van der Waals surface area contributed by atoms with Crippen LogP contribution in [0.3, 0.4) is 0 Å². The van der Waals surface area contributed by atoms with Gasteiger partial charge in [-0.05, 0) is 37.3 Å². The number of rotatable bonds is 1. The highest BCUT2D eigenvalue weighted by atomic mass is 16.1. The van der Waals surface area contributed by atoms with Gasteiger partial charge < -0.3 is 9.88 Å². The second-order valence-electron chi connectivity index (χ2n) is 7.56. The first kappa shape index (κ1) is 15.6. The first-order valence-electron chi connectivity index (χ1n) is 9.49. The van der Waals surface area contributed by atoms with Gasteiger partial charge >= 0.3 is 0 Å². The van der Waals surface area contributed by atoms with Crippen molar-refractivity contribution in [2.45, 2.75) is 44.4 Å². The fraction of sp³-hybridized carbons (Fsp3) is 0.364. The molecule has 1 aliphatic heterocycles. The molecule has 132 valence electrons. The van der Waals surface area contributed by atoms with E-state index in [9.17, 15) is 9.59 Å². The molecule has 2 aromatic rings. The number of nitrogens with zero attached hydrogens (tertiary/aromatic N) is 1. The highest BCUT2D eigenvalue weighted by Crippen LogP contribution is 2.49. The number of Topliss-reactive ketones (excluding diaryl/α,β-unsaturated/α-hetero) is 2. The topological polar surface area (TPSA) is 53.2 Å². The third-order valence-corrected chi connectivity index (χ3v) is 6.18. The predicted molar refractivity (Wildman–Crippen MR) is 101 cm³/mol. The molecule has 1 aromatic heterocycles. The lowest BCUT2D eigenvalue weighted by Crippen LogP contribution is -2.37. The van der Waals surface area contributed by atoms with Crippen molar-refractivity contribution in [2.75, 3.05) is 7.05 Å². The van der Waals surface area contributed by atoms with Crippen molar-refractivity contribution in [3.05, 3.63) is 58.6 Å². The molecule has 0 bridgehead atoms. The Morgan fingerprint density at radius 3 is 2.19 bits per heavy atom. The molecule has 0 amide bonds. The van der Waals surface area contributed by atoms with E-state index >= 15 is 0 Å². The number of nitrogens with one attached hydrogen (secondary N) is 1. The molecule has 0 spiro atoms. The van der Waals surface area contributed by atoms with E-state index in [1.807, 2.05) is 31.4 Å². The monoisotopic (exact) mass is 346 g/mol. The van der Waals surface area contributed by atoms with Gasteiger partial charge in [0.1, 0.15) is 0 Å². The van der Waals surface area contributed by atoms with Crippen molar-refractivity contribution in [3.63, 3.8) is 0 Å². The zero-order chi connectivity index (χ0) is 17.8. The Morgan fingerprint density at radius 2 is 1.54 bits per heavy atom. The van der Waals surface area contributed by atoms with Crippen LogP contribution in [0, 0.1) is 0 Å². The molecule has 0 saturated carbocycles. The second kappa shape index (κ2) is 5.70. The van der Waals surface area contributed by atoms with Gasteiger partial charge in [0.15, 0.2) is 11.6 Å². The number of hydrogen-bond acceptors (Lipinski definition) is 3. The van der Waals surface area contributed by atoms with Gasteiger partial charge in [0, 0.05) is 65.4 Å². The maximum absolute atomic E-state index is 13.0. The van der Waals surface area contributed by atoms with E-state index in [0.29, 0.717) is 12.8 Å². The molecule has 0 saturated heterocycles. The summed E-state index contributed by atoms with van der Waals surface area (Å²) >= 11 is 0. The van der Waals surface area contributed by atoms with E-state index in [0.717, 1.165) is 64.7 Å². The number of hydrogen-bond donors (Lipinski definition) is 1. The van der Waals surface area contributed by atoms with Crippen LogP contribution >= 0.6 is 0 Å². The van der Waals surface area contributed by atoms with Crippen LogP contribution in [0.4, 0.5) is 0 Å². The Kier molecular flexibility index (Phi) is 3.42. The fourth-order valence-corrected chi connectivity index (χ4v) is 5.00. The summed E-state index contributed by atoms with van der Waals surface area (Å²) in [5.74, 6) is 0.199. The minimum Gasteiger partial charge on any atom is -0.361 e. The number of aromatic nitrogens is 1. The van der Waals surface area contributed by atoms with E-state index in [-0.39, 0.29) is 17.5 Å². The molecule has 0 radical (unpaired) electrons. The van der Waals surface area contributed by atoms with Crippen molar-refractivity contribution >= 4 is 22.5 Å². The van der Waals surface area contributed by atoms with Gasteiger partial charge in [-0.15, -0.1) is 0 Å². The Balaban J connectivity index is 1.80. The maximum atomic E-state index is 13.0. The summed E-state index contributed by atoms with van der Waals surface area (Å²) in [6.07, 6.45) is 6.81. The molecule has 0 unspecified atom stereocenters. The molecule has 5 rings (SSSR count). The van der Waals surface area contributed by atoms with Crippen molar-refractivity contribution in [2.24, 2.45) is 0 Å². The normalized spacial score (nSPS) is 21.5. The summed E-state index contributed by atoms with van der Waals surface area (Å²) in [6, 6.07) is 8.15. The van der Waals surface area contributed by atoms with Crippen LogP contribution in [0.5, 0.6) is 0 Å². The Bertz CT molecular complexity index is 964. The molecule has 4 nitrogen and oxygen atoms in total. The van der Waals surface area contributed by atoms with Crippen LogP contribution < -0.4 is 0 Å². The predicted octanol–water partition coefficient (Wildman–Crippen LogP) is 4.21. The molecule has 0 atom stereocenters. The lowest BCUT2D eigenvalue weighted by Gasteiger charge is -2.42. The van der Waals surface area contributed by atoms with Crippen LogP contribution in [-0.2, 0) is 9.59 Å². The molecule has 0 fully saturated rings. The summed E-state index contributed by atoms with van der Waals surface area (Å²) in [6.45, 7) is 0. The molecule has 4 heteroatoms. The molecule has 1 N–H and O–H groups in total. The molecule has 2 heterocycles. The summed E-state index contributed by atoms with van der Waals surface area (Å²) in [7, 11) is 2.04. The summed E-state index contributed by atoms with van der Waals surface area (Å²) in [4.78, 5) is 31.4. The fourth-order valence-electron chi connectivity index (χ4n) is 5.00. The highest BCUT2D eigenvalue weighted by Gasteiger charge is 2.42.